The molecule has 3 rings (SSSR count). The van der Waals surface area contributed by atoms with E-state index in [9.17, 15) is 9.59 Å². The Labute approximate surface area is 139 Å². The molecule has 2 heterocycles. The first kappa shape index (κ1) is 16.2. The normalized spacial score (nSPS) is 24.0. The first-order valence-electron chi connectivity index (χ1n) is 7.55. The van der Waals surface area contributed by atoms with Gasteiger partial charge in [0.2, 0.25) is 5.91 Å². The number of amides is 2. The van der Waals surface area contributed by atoms with Crippen LogP contribution in [0.4, 0.5) is 0 Å². The summed E-state index contributed by atoms with van der Waals surface area (Å²) < 4.78 is 10.7. The zero-order valence-corrected chi connectivity index (χ0v) is 13.7. The van der Waals surface area contributed by atoms with Crippen molar-refractivity contribution < 1.29 is 19.1 Å². The van der Waals surface area contributed by atoms with E-state index in [-0.39, 0.29) is 30.6 Å². The molecule has 124 valence electrons. The van der Waals surface area contributed by atoms with E-state index in [1.165, 1.54) is 0 Å². The molecule has 0 radical (unpaired) electrons. The summed E-state index contributed by atoms with van der Waals surface area (Å²) in [5.41, 5.74) is 0.586. The Morgan fingerprint density at radius 1 is 1.35 bits per heavy atom. The van der Waals surface area contributed by atoms with E-state index in [1.807, 2.05) is 0 Å². The van der Waals surface area contributed by atoms with E-state index in [0.717, 1.165) is 0 Å². The molecule has 23 heavy (non-hydrogen) atoms. The Balaban J connectivity index is 1.71. The molecule has 2 fully saturated rings. The van der Waals surface area contributed by atoms with Gasteiger partial charge in [-0.05, 0) is 24.3 Å². The van der Waals surface area contributed by atoms with Gasteiger partial charge >= 0.3 is 0 Å². The Hall–Kier alpha value is -1.63. The van der Waals surface area contributed by atoms with Crippen LogP contribution >= 0.6 is 11.6 Å². The molecule has 0 aromatic heterocycles. The van der Waals surface area contributed by atoms with E-state index in [2.05, 4.69) is 0 Å². The number of halogens is 1. The standard InChI is InChI=1S/C16H19ClN2O4/c1-22-7-6-19-13-8-18(9-14(13)23-10-15(19)20)16(21)11-2-4-12(17)5-3-11/h2-5,13-14H,6-10H2,1H3/t13-,14-/m0/s1. The molecule has 0 aliphatic carbocycles. The lowest BCUT2D eigenvalue weighted by molar-refractivity contribution is -0.153. The zero-order chi connectivity index (χ0) is 16.4. The van der Waals surface area contributed by atoms with Crippen molar-refractivity contribution in [3.05, 3.63) is 34.9 Å². The average Bonchev–Trinajstić information content (AvgIpc) is 2.98. The molecular formula is C16H19ClN2O4. The number of rotatable bonds is 4. The van der Waals surface area contributed by atoms with Crippen molar-refractivity contribution in [1.82, 2.24) is 9.80 Å². The quantitative estimate of drug-likeness (QED) is 0.823. The van der Waals surface area contributed by atoms with Gasteiger partial charge in [-0.1, -0.05) is 11.6 Å². The molecule has 2 aliphatic rings. The number of methoxy groups -OCH3 is 1. The third-order valence-corrected chi connectivity index (χ3v) is 4.55. The van der Waals surface area contributed by atoms with E-state index >= 15 is 0 Å². The number of morpholine rings is 1. The van der Waals surface area contributed by atoms with Crippen LogP contribution in [0.25, 0.3) is 0 Å². The van der Waals surface area contributed by atoms with Crippen LogP contribution in [0.3, 0.4) is 0 Å². The third kappa shape index (κ3) is 3.34. The third-order valence-electron chi connectivity index (χ3n) is 4.29. The van der Waals surface area contributed by atoms with Crippen molar-refractivity contribution in [2.75, 3.05) is 40.0 Å². The summed E-state index contributed by atoms with van der Waals surface area (Å²) >= 11 is 5.86. The Morgan fingerprint density at radius 2 is 2.09 bits per heavy atom. The Bertz CT molecular complexity index is 592. The molecule has 0 saturated carbocycles. The molecule has 0 spiro atoms. The number of nitrogens with zero attached hydrogens (tertiary/aromatic N) is 2. The highest BCUT2D eigenvalue weighted by Gasteiger charge is 2.44. The minimum absolute atomic E-state index is 0.0518. The second-order valence-electron chi connectivity index (χ2n) is 5.71. The zero-order valence-electron chi connectivity index (χ0n) is 12.9. The summed E-state index contributed by atoms with van der Waals surface area (Å²) in [6.45, 7) is 2.02. The molecule has 2 aliphatic heterocycles. The van der Waals surface area contributed by atoms with Gasteiger partial charge in [0, 0.05) is 37.3 Å². The molecule has 2 atom stereocenters. The summed E-state index contributed by atoms with van der Waals surface area (Å²) in [5.74, 6) is -0.122. The number of hydrogen-bond donors (Lipinski definition) is 0. The lowest BCUT2D eigenvalue weighted by Crippen LogP contribution is -2.54. The smallest absolute Gasteiger partial charge is 0.254 e. The summed E-state index contributed by atoms with van der Waals surface area (Å²) in [4.78, 5) is 28.2. The first-order chi connectivity index (χ1) is 11.1. The van der Waals surface area contributed by atoms with Gasteiger partial charge in [0.15, 0.2) is 0 Å². The number of likely N-dealkylation sites (tertiary alicyclic amines) is 1. The van der Waals surface area contributed by atoms with Crippen LogP contribution in [0, 0.1) is 0 Å². The maximum absolute atomic E-state index is 12.6. The van der Waals surface area contributed by atoms with E-state index in [0.29, 0.717) is 36.8 Å². The largest absolute Gasteiger partial charge is 0.383 e. The fraction of sp³-hybridized carbons (Fsp3) is 0.500. The minimum atomic E-state index is -0.138. The summed E-state index contributed by atoms with van der Waals surface area (Å²) in [7, 11) is 1.60. The van der Waals surface area contributed by atoms with Crippen LogP contribution in [0.15, 0.2) is 24.3 Å². The van der Waals surface area contributed by atoms with Crippen LogP contribution in [0.1, 0.15) is 10.4 Å². The van der Waals surface area contributed by atoms with Gasteiger partial charge in [0.1, 0.15) is 6.61 Å². The molecule has 1 aromatic carbocycles. The molecule has 6 nitrogen and oxygen atoms in total. The SMILES string of the molecule is COCCN1C(=O)CO[C@H]2CN(C(=O)c3ccc(Cl)cc3)C[C@@H]21. The number of carbonyl (C=O) groups is 2. The van der Waals surface area contributed by atoms with Gasteiger partial charge in [-0.25, -0.2) is 0 Å². The first-order valence-corrected chi connectivity index (χ1v) is 7.93. The molecule has 0 unspecified atom stereocenters. The van der Waals surface area contributed by atoms with Gasteiger partial charge in [-0.2, -0.15) is 0 Å². The number of carbonyl (C=O) groups excluding carboxylic acids is 2. The van der Waals surface area contributed by atoms with E-state index < -0.39 is 0 Å². The van der Waals surface area contributed by atoms with Gasteiger partial charge in [0.05, 0.1) is 18.8 Å². The van der Waals surface area contributed by atoms with Crippen molar-refractivity contribution in [1.29, 1.82) is 0 Å². The highest BCUT2D eigenvalue weighted by molar-refractivity contribution is 6.30. The highest BCUT2D eigenvalue weighted by atomic mass is 35.5. The van der Waals surface area contributed by atoms with Gasteiger partial charge in [0.25, 0.3) is 5.91 Å². The molecule has 2 saturated heterocycles. The number of hydrogen-bond acceptors (Lipinski definition) is 4. The van der Waals surface area contributed by atoms with Crippen molar-refractivity contribution in [2.45, 2.75) is 12.1 Å². The highest BCUT2D eigenvalue weighted by Crippen LogP contribution is 2.25. The second-order valence-corrected chi connectivity index (χ2v) is 6.15. The van der Waals surface area contributed by atoms with Crippen molar-refractivity contribution in [2.24, 2.45) is 0 Å². The van der Waals surface area contributed by atoms with Crippen molar-refractivity contribution in [3.63, 3.8) is 0 Å². The Kier molecular flexibility index (Phi) is 4.84. The number of benzene rings is 1. The predicted octanol–water partition coefficient (Wildman–Crippen LogP) is 1.04. The minimum Gasteiger partial charge on any atom is -0.383 e. The van der Waals surface area contributed by atoms with Gasteiger partial charge < -0.3 is 19.3 Å². The van der Waals surface area contributed by atoms with E-state index in [4.69, 9.17) is 21.1 Å². The lowest BCUT2D eigenvalue weighted by Gasteiger charge is -2.36. The lowest BCUT2D eigenvalue weighted by atomic mass is 10.1. The average molecular weight is 339 g/mol. The van der Waals surface area contributed by atoms with Gasteiger partial charge in [-0.15, -0.1) is 0 Å². The van der Waals surface area contributed by atoms with Crippen LogP contribution in [0.2, 0.25) is 5.02 Å². The Morgan fingerprint density at radius 3 is 2.78 bits per heavy atom. The predicted molar refractivity (Wildman–Crippen MR) is 84.5 cm³/mol. The summed E-state index contributed by atoms with van der Waals surface area (Å²) in [5, 5.41) is 0.594. The number of ether oxygens (including phenoxy) is 2. The molecule has 2 amide bonds. The van der Waals surface area contributed by atoms with Crippen LogP contribution in [-0.2, 0) is 14.3 Å². The monoisotopic (exact) mass is 338 g/mol. The molecule has 0 N–H and O–H groups in total. The maximum atomic E-state index is 12.6. The van der Waals surface area contributed by atoms with E-state index in [1.54, 1.807) is 41.2 Å². The van der Waals surface area contributed by atoms with Gasteiger partial charge in [-0.3, -0.25) is 9.59 Å². The maximum Gasteiger partial charge on any atom is 0.254 e. The summed E-state index contributed by atoms with van der Waals surface area (Å²) in [6.07, 6.45) is -0.138. The van der Waals surface area contributed by atoms with Crippen LogP contribution in [0.5, 0.6) is 0 Å². The molecular weight excluding hydrogens is 320 g/mol. The van der Waals surface area contributed by atoms with Crippen LogP contribution in [-0.4, -0.2) is 73.7 Å². The van der Waals surface area contributed by atoms with Crippen LogP contribution < -0.4 is 0 Å². The van der Waals surface area contributed by atoms with Crippen molar-refractivity contribution >= 4 is 23.4 Å². The fourth-order valence-electron chi connectivity index (χ4n) is 3.09. The second kappa shape index (κ2) is 6.86. The number of fused-ring (bicyclic) bond motifs is 1. The molecule has 0 bridgehead atoms. The summed E-state index contributed by atoms with van der Waals surface area (Å²) in [6, 6.07) is 6.71. The van der Waals surface area contributed by atoms with Crippen molar-refractivity contribution in [3.8, 4) is 0 Å². The molecule has 7 heteroatoms. The fourth-order valence-corrected chi connectivity index (χ4v) is 3.21. The molecule has 1 aromatic rings. The topological polar surface area (TPSA) is 59.1 Å².